The first-order valence-corrected chi connectivity index (χ1v) is 42.5. The van der Waals surface area contributed by atoms with Crippen LogP contribution in [0.1, 0.15) is 55.6 Å². The SMILES string of the molecule is c1ccc(-c2cccc(-c3nc(-c4ccc5c(c4)-c4ccccc4C5)nc(-c4cccc5c4-c4ccccc4C54c5ccccc5-c5ccccc5-c5ccccc54)n3)c2)cc1.c1ccc(-c2cccc(-c3nc(-c4cccc5c4-c4ccccc4C54c5ccccc5-c5ccccc5-c5ccccc54)nc(-c4cccc5oc6ccccc6c45)n3)c2)cc1. The Balaban J connectivity index is 0.000000136. The van der Waals surface area contributed by atoms with Crippen molar-refractivity contribution in [1.82, 2.24) is 29.9 Å². The molecule has 0 saturated carbocycles. The van der Waals surface area contributed by atoms with Crippen LogP contribution in [0.5, 0.6) is 0 Å². The van der Waals surface area contributed by atoms with Gasteiger partial charge in [-0.3, -0.25) is 0 Å². The number of hydrogen-bond acceptors (Lipinski definition) is 7. The molecule has 0 saturated heterocycles. The molecule has 0 radical (unpaired) electrons. The van der Waals surface area contributed by atoms with Crippen molar-refractivity contribution in [3.8, 4) is 168 Å². The Morgan fingerprint density at radius 2 is 0.476 bits per heavy atom. The number of nitrogens with zero attached hydrogens (tertiary/aromatic N) is 6. The molecule has 7 nitrogen and oxygen atoms in total. The zero-order valence-corrected chi connectivity index (χ0v) is 67.2. The summed E-state index contributed by atoms with van der Waals surface area (Å²) in [5, 5.41) is 2.01. The average Bonchev–Trinajstić information content (AvgIpc) is 1.52. The normalized spacial score (nSPS) is 13.1. The third-order valence-electron chi connectivity index (χ3n) is 26.4. The summed E-state index contributed by atoms with van der Waals surface area (Å²) >= 11 is 0. The lowest BCUT2D eigenvalue weighted by Gasteiger charge is -2.35. The molecule has 2 spiro atoms. The van der Waals surface area contributed by atoms with Gasteiger partial charge in [-0.15, -0.1) is 0 Å². The van der Waals surface area contributed by atoms with E-state index in [9.17, 15) is 0 Å². The number of aromatic nitrogens is 6. The molecule has 0 aliphatic heterocycles. The van der Waals surface area contributed by atoms with E-state index in [1.807, 2.05) is 30.3 Å². The van der Waals surface area contributed by atoms with Gasteiger partial charge in [0, 0.05) is 44.2 Å². The number of furan rings is 1. The molecule has 124 heavy (non-hydrogen) atoms. The molecule has 3 aromatic heterocycles. The zero-order valence-electron chi connectivity index (χ0n) is 67.2. The van der Waals surface area contributed by atoms with E-state index in [0.717, 1.165) is 95.1 Å². The van der Waals surface area contributed by atoms with Gasteiger partial charge in [0.05, 0.1) is 10.8 Å². The summed E-state index contributed by atoms with van der Waals surface area (Å²) in [5.41, 5.74) is 40.3. The minimum atomic E-state index is -0.627. The van der Waals surface area contributed by atoms with Crippen molar-refractivity contribution in [1.29, 1.82) is 0 Å². The highest BCUT2D eigenvalue weighted by molar-refractivity contribution is 6.12. The number of hydrogen-bond donors (Lipinski definition) is 0. The van der Waals surface area contributed by atoms with Crippen LogP contribution in [0.3, 0.4) is 0 Å². The van der Waals surface area contributed by atoms with Gasteiger partial charge in [0.15, 0.2) is 34.9 Å². The molecule has 5 aliphatic carbocycles. The second-order valence-electron chi connectivity index (χ2n) is 32.8. The highest BCUT2D eigenvalue weighted by atomic mass is 16.3. The van der Waals surface area contributed by atoms with E-state index in [2.05, 4.69) is 394 Å². The first kappa shape index (κ1) is 70.8. The molecule has 5 aliphatic rings. The second kappa shape index (κ2) is 28.2. The maximum absolute atomic E-state index is 6.39. The lowest BCUT2D eigenvalue weighted by Crippen LogP contribution is -2.29. The molecular weight excluding hydrogens is 1510 g/mol. The summed E-state index contributed by atoms with van der Waals surface area (Å²) < 4.78 is 6.39. The molecule has 0 N–H and O–H groups in total. The van der Waals surface area contributed by atoms with E-state index in [4.69, 9.17) is 34.3 Å². The highest BCUT2D eigenvalue weighted by Crippen LogP contribution is 2.65. The fourth-order valence-electron chi connectivity index (χ4n) is 21.2. The Bertz CT molecular complexity index is 7860. The van der Waals surface area contributed by atoms with Crippen LogP contribution in [0.15, 0.2) is 429 Å². The van der Waals surface area contributed by atoms with Crippen LogP contribution in [0, 0.1) is 0 Å². The zero-order chi connectivity index (χ0) is 81.6. The number of rotatable bonds is 8. The minimum absolute atomic E-state index is 0.589. The van der Waals surface area contributed by atoms with E-state index in [-0.39, 0.29) is 0 Å². The van der Waals surface area contributed by atoms with Crippen LogP contribution in [0.25, 0.3) is 190 Å². The Hall–Kier alpha value is -16.2. The molecule has 0 fully saturated rings. The number of fused-ring (bicyclic) bond motifs is 30. The standard InChI is InChI=1S/C59H37N3.C58H35N3O/c1-2-16-37(17-3-1)38-19-14-20-41(34-38)56-60-57(42-33-32-40-35-39-18-4-5-21-43(39)50(40)36-42)62-58(61-56)49-27-15-31-54-55(49)48-26-10-13-30-53(48)59(54)51-28-11-8-24-46(51)44-22-6-7-23-45(44)47-25-9-12-29-52(47)59;1-2-17-36(18-3-1)37-19-14-20-38(35-37)55-59-56(61-57(60-55)46-28-16-34-52-54(46)44-26-9-13-33-51(44)62-52)45-27-15-32-50-53(45)43-25-8-12-31-49(43)58(50)47-29-10-6-23-41(47)39-21-4-5-22-40(39)42-24-7-11-30-48(42)58/h1-34,36H,35H2;1-35H. The van der Waals surface area contributed by atoms with E-state index in [1.165, 1.54) is 122 Å². The average molecular weight is 1580 g/mol. The first-order valence-electron chi connectivity index (χ1n) is 42.5. The van der Waals surface area contributed by atoms with Crippen LogP contribution in [-0.2, 0) is 17.3 Å². The molecule has 0 unspecified atom stereocenters. The van der Waals surface area contributed by atoms with Crippen LogP contribution < -0.4 is 0 Å². The first-order chi connectivity index (χ1) is 61.5. The van der Waals surface area contributed by atoms with Gasteiger partial charge >= 0.3 is 0 Å². The molecule has 26 rings (SSSR count). The summed E-state index contributed by atoms with van der Waals surface area (Å²) in [6.07, 6.45) is 0.931. The van der Waals surface area contributed by atoms with E-state index >= 15 is 0 Å². The van der Waals surface area contributed by atoms with Crippen molar-refractivity contribution in [2.75, 3.05) is 0 Å². The highest BCUT2D eigenvalue weighted by Gasteiger charge is 2.53. The van der Waals surface area contributed by atoms with Crippen molar-refractivity contribution in [3.63, 3.8) is 0 Å². The summed E-state index contributed by atoms with van der Waals surface area (Å²) in [6, 6.07) is 153. The van der Waals surface area contributed by atoms with E-state index < -0.39 is 10.8 Å². The molecule has 0 amide bonds. The third-order valence-corrected chi connectivity index (χ3v) is 26.4. The maximum Gasteiger partial charge on any atom is 0.164 e. The van der Waals surface area contributed by atoms with Gasteiger partial charge in [-0.25, -0.2) is 29.9 Å². The van der Waals surface area contributed by atoms with Gasteiger partial charge < -0.3 is 4.42 Å². The fourth-order valence-corrected chi connectivity index (χ4v) is 21.2. The topological polar surface area (TPSA) is 90.5 Å². The van der Waals surface area contributed by atoms with Gasteiger partial charge in [-0.2, -0.15) is 0 Å². The van der Waals surface area contributed by atoms with Gasteiger partial charge in [-0.05, 0) is 193 Å². The molecule has 576 valence electrons. The monoisotopic (exact) mass is 1580 g/mol. The largest absolute Gasteiger partial charge is 0.456 e. The van der Waals surface area contributed by atoms with E-state index in [0.29, 0.717) is 34.9 Å². The molecule has 18 aromatic carbocycles. The smallest absolute Gasteiger partial charge is 0.164 e. The van der Waals surface area contributed by atoms with Crippen LogP contribution in [0.2, 0.25) is 0 Å². The Kier molecular flexibility index (Phi) is 16.1. The van der Waals surface area contributed by atoms with Crippen molar-refractivity contribution in [3.05, 3.63) is 480 Å². The molecule has 0 bridgehead atoms. The molecule has 3 heterocycles. The van der Waals surface area contributed by atoms with Gasteiger partial charge in [0.1, 0.15) is 11.2 Å². The molecule has 7 heteroatoms. The summed E-state index contributed by atoms with van der Waals surface area (Å²) in [5.74, 6) is 3.75. The number of para-hydroxylation sites is 1. The molecule has 21 aromatic rings. The van der Waals surface area contributed by atoms with Crippen LogP contribution in [0.4, 0.5) is 0 Å². The van der Waals surface area contributed by atoms with Crippen LogP contribution >= 0.6 is 0 Å². The van der Waals surface area contributed by atoms with Crippen molar-refractivity contribution in [2.45, 2.75) is 17.3 Å². The summed E-state index contributed by atoms with van der Waals surface area (Å²) in [4.78, 5) is 32.5. The molecular formula is C117H72N6O. The predicted molar refractivity (Wildman–Crippen MR) is 502 cm³/mol. The van der Waals surface area contributed by atoms with Gasteiger partial charge in [0.2, 0.25) is 0 Å². The third kappa shape index (κ3) is 10.7. The Labute approximate surface area is 717 Å². The Morgan fingerprint density at radius 1 is 0.177 bits per heavy atom. The van der Waals surface area contributed by atoms with Crippen molar-refractivity contribution >= 4 is 21.9 Å². The summed E-state index contributed by atoms with van der Waals surface area (Å²) in [6.45, 7) is 0. The fraction of sp³-hybridized carbons (Fsp3) is 0.0256. The lowest BCUT2D eigenvalue weighted by atomic mass is 9.66. The maximum atomic E-state index is 6.39. The second-order valence-corrected chi connectivity index (χ2v) is 32.8. The minimum Gasteiger partial charge on any atom is -0.456 e. The van der Waals surface area contributed by atoms with E-state index in [1.54, 1.807) is 0 Å². The van der Waals surface area contributed by atoms with Crippen molar-refractivity contribution < 1.29 is 4.42 Å². The lowest BCUT2D eigenvalue weighted by molar-refractivity contribution is 0.669. The Morgan fingerprint density at radius 3 is 0.952 bits per heavy atom. The van der Waals surface area contributed by atoms with Crippen molar-refractivity contribution in [2.24, 2.45) is 0 Å². The number of benzene rings is 18. The predicted octanol–water partition coefficient (Wildman–Crippen LogP) is 28.6. The van der Waals surface area contributed by atoms with Gasteiger partial charge in [0.25, 0.3) is 0 Å². The summed E-state index contributed by atoms with van der Waals surface area (Å²) in [7, 11) is 0. The van der Waals surface area contributed by atoms with Crippen LogP contribution in [-0.4, -0.2) is 29.9 Å². The quantitative estimate of drug-likeness (QED) is 0.150. The van der Waals surface area contributed by atoms with Gasteiger partial charge in [-0.1, -0.05) is 394 Å². The molecule has 0 atom stereocenters.